The summed E-state index contributed by atoms with van der Waals surface area (Å²) in [5.74, 6) is -1.91. The maximum atomic E-state index is 13.6. The molecule has 3 fully saturated rings. The van der Waals surface area contributed by atoms with E-state index in [2.05, 4.69) is 5.32 Å². The standard InChI is InChI=1S/C30H55N3O7/c1-18-15-29(5,38)26(40-28-25(36)22(32(6)7)14-19(2)39-28)20(3)24(35)21(4)27(37)31-30(12-10-9-11-13-30)16-23(34)33(8)17-18/h18-22,24-26,28,35-36,38H,9-17H2,1-8H3,(H,31,37)/t18-,19-,20+,21-,22+,24+,25-,26-,28+,29-/m1/s1. The van der Waals surface area contributed by atoms with Crippen LogP contribution in [-0.2, 0) is 19.1 Å². The van der Waals surface area contributed by atoms with Crippen LogP contribution < -0.4 is 5.32 Å². The van der Waals surface area contributed by atoms with Crippen molar-refractivity contribution < 1.29 is 34.4 Å². The van der Waals surface area contributed by atoms with Gasteiger partial charge in [-0.15, -0.1) is 0 Å². The van der Waals surface area contributed by atoms with E-state index in [-0.39, 0.29) is 42.7 Å². The number of carbonyl (C=O) groups excluding carboxylic acids is 2. The van der Waals surface area contributed by atoms with Crippen LogP contribution in [0.1, 0.15) is 86.0 Å². The van der Waals surface area contributed by atoms with Gasteiger partial charge < -0.3 is 39.9 Å². The monoisotopic (exact) mass is 569 g/mol. The van der Waals surface area contributed by atoms with E-state index < -0.39 is 47.6 Å². The number of hydrogen-bond acceptors (Lipinski definition) is 8. The molecule has 2 amide bonds. The highest BCUT2D eigenvalue weighted by molar-refractivity contribution is 5.82. The summed E-state index contributed by atoms with van der Waals surface area (Å²) in [5, 5.41) is 37.7. The van der Waals surface area contributed by atoms with Crippen LogP contribution >= 0.6 is 0 Å². The lowest BCUT2D eigenvalue weighted by molar-refractivity contribution is -0.299. The molecule has 40 heavy (non-hydrogen) atoms. The molecule has 4 N–H and O–H groups in total. The molecule has 2 heterocycles. The van der Waals surface area contributed by atoms with Crippen molar-refractivity contribution in [1.29, 1.82) is 0 Å². The van der Waals surface area contributed by atoms with Gasteiger partial charge in [0.15, 0.2) is 6.29 Å². The normalized spacial score (nSPS) is 42.5. The Labute approximate surface area is 240 Å². The second kappa shape index (κ2) is 13.3. The Balaban J connectivity index is 1.95. The molecule has 3 rings (SSSR count). The summed E-state index contributed by atoms with van der Waals surface area (Å²) in [7, 11) is 5.56. The lowest BCUT2D eigenvalue weighted by Gasteiger charge is -2.47. The highest BCUT2D eigenvalue weighted by Crippen LogP contribution is 2.37. The lowest BCUT2D eigenvalue weighted by atomic mass is 9.76. The van der Waals surface area contributed by atoms with E-state index in [1.54, 1.807) is 32.7 Å². The largest absolute Gasteiger partial charge is 0.392 e. The summed E-state index contributed by atoms with van der Waals surface area (Å²) in [4.78, 5) is 30.5. The number of nitrogens with one attached hydrogen (secondary N) is 1. The highest BCUT2D eigenvalue weighted by atomic mass is 16.7. The van der Waals surface area contributed by atoms with Crippen molar-refractivity contribution in [2.75, 3.05) is 27.7 Å². The molecule has 232 valence electrons. The minimum atomic E-state index is -1.45. The minimum Gasteiger partial charge on any atom is -0.392 e. The van der Waals surface area contributed by atoms with Crippen LogP contribution in [0.3, 0.4) is 0 Å². The van der Waals surface area contributed by atoms with Crippen molar-refractivity contribution in [2.24, 2.45) is 17.8 Å². The van der Waals surface area contributed by atoms with Crippen molar-refractivity contribution in [2.45, 2.75) is 134 Å². The number of aliphatic hydroxyl groups excluding tert-OH is 2. The van der Waals surface area contributed by atoms with Crippen LogP contribution in [0.2, 0.25) is 0 Å². The van der Waals surface area contributed by atoms with Crippen LogP contribution in [-0.4, -0.2) is 113 Å². The zero-order valence-electron chi connectivity index (χ0n) is 25.9. The molecule has 0 aromatic rings. The van der Waals surface area contributed by atoms with E-state index in [0.29, 0.717) is 13.0 Å². The van der Waals surface area contributed by atoms with Crippen molar-refractivity contribution in [3.05, 3.63) is 0 Å². The molecule has 10 heteroatoms. The molecule has 0 radical (unpaired) electrons. The number of ether oxygens (including phenoxy) is 2. The number of aliphatic hydroxyl groups is 3. The van der Waals surface area contributed by atoms with Gasteiger partial charge in [-0.3, -0.25) is 9.59 Å². The molecule has 1 saturated carbocycles. The Morgan fingerprint density at radius 2 is 1.68 bits per heavy atom. The Hall–Kier alpha value is -1.30. The fourth-order valence-electron chi connectivity index (χ4n) is 7.26. The first-order valence-corrected chi connectivity index (χ1v) is 15.2. The molecule has 1 spiro atoms. The summed E-state index contributed by atoms with van der Waals surface area (Å²) < 4.78 is 12.4. The Morgan fingerprint density at radius 3 is 2.27 bits per heavy atom. The maximum Gasteiger partial charge on any atom is 0.225 e. The van der Waals surface area contributed by atoms with E-state index in [0.717, 1.165) is 32.1 Å². The number of amides is 2. The average Bonchev–Trinajstić information content (AvgIpc) is 2.86. The van der Waals surface area contributed by atoms with Crippen molar-refractivity contribution in [3.63, 3.8) is 0 Å². The summed E-state index contributed by atoms with van der Waals surface area (Å²) in [6.45, 7) is 9.45. The third kappa shape index (κ3) is 7.75. The van der Waals surface area contributed by atoms with E-state index in [1.165, 1.54) is 0 Å². The van der Waals surface area contributed by atoms with Crippen LogP contribution in [0.25, 0.3) is 0 Å². The van der Waals surface area contributed by atoms with Gasteiger partial charge in [0.05, 0.1) is 29.8 Å². The molecule has 3 aliphatic rings. The van der Waals surface area contributed by atoms with Crippen molar-refractivity contribution in [1.82, 2.24) is 15.1 Å². The predicted octanol–water partition coefficient (Wildman–Crippen LogP) is 1.89. The minimum absolute atomic E-state index is 0.0393. The second-order valence-corrected chi connectivity index (χ2v) is 13.7. The van der Waals surface area contributed by atoms with Crippen LogP contribution in [0.4, 0.5) is 0 Å². The summed E-state index contributed by atoms with van der Waals surface area (Å²) in [5.41, 5.74) is -2.07. The first kappa shape index (κ1) is 33.2. The van der Waals surface area contributed by atoms with Gasteiger partial charge in [-0.25, -0.2) is 0 Å². The maximum absolute atomic E-state index is 13.6. The third-order valence-corrected chi connectivity index (χ3v) is 9.57. The molecule has 2 saturated heterocycles. The van der Waals surface area contributed by atoms with Gasteiger partial charge in [0.2, 0.25) is 11.8 Å². The van der Waals surface area contributed by atoms with Crippen LogP contribution in [0.5, 0.6) is 0 Å². The topological polar surface area (TPSA) is 132 Å². The first-order chi connectivity index (χ1) is 18.6. The SMILES string of the molecule is C[C@H]1CN(C)C(=O)CC2(CCCCC2)NC(=O)[C@H](C)[C@@H](O)[C@H](C)[C@@H](O[C@@H]2O[C@H](C)C[C@H](N(C)C)[C@H]2O)[C@](C)(O)C1. The van der Waals surface area contributed by atoms with Gasteiger partial charge in [-0.05, 0) is 59.5 Å². The molecule has 0 bridgehead atoms. The molecule has 0 aromatic carbocycles. The Morgan fingerprint density at radius 1 is 1.05 bits per heavy atom. The van der Waals surface area contributed by atoms with E-state index in [4.69, 9.17) is 9.47 Å². The predicted molar refractivity (Wildman–Crippen MR) is 152 cm³/mol. The van der Waals surface area contributed by atoms with E-state index in [9.17, 15) is 24.9 Å². The third-order valence-electron chi connectivity index (χ3n) is 9.57. The second-order valence-electron chi connectivity index (χ2n) is 13.7. The molecule has 0 aromatic heterocycles. The Kier molecular flexibility index (Phi) is 11.1. The number of rotatable bonds is 3. The molecular weight excluding hydrogens is 514 g/mol. The van der Waals surface area contributed by atoms with E-state index in [1.807, 2.05) is 32.8 Å². The van der Waals surface area contributed by atoms with Gasteiger partial charge in [0.25, 0.3) is 0 Å². The fraction of sp³-hybridized carbons (Fsp3) is 0.933. The summed E-state index contributed by atoms with van der Waals surface area (Å²) in [6.07, 6.45) is 1.29. The lowest BCUT2D eigenvalue weighted by Crippen LogP contribution is -2.60. The molecule has 1 aliphatic carbocycles. The molecule has 2 aliphatic heterocycles. The van der Waals surface area contributed by atoms with Crippen molar-refractivity contribution in [3.8, 4) is 0 Å². The van der Waals surface area contributed by atoms with Crippen LogP contribution in [0, 0.1) is 17.8 Å². The summed E-state index contributed by atoms with van der Waals surface area (Å²) >= 11 is 0. The average molecular weight is 570 g/mol. The van der Waals surface area contributed by atoms with Gasteiger partial charge in [0.1, 0.15) is 6.10 Å². The van der Waals surface area contributed by atoms with Gasteiger partial charge in [-0.1, -0.05) is 40.0 Å². The number of likely N-dealkylation sites (N-methyl/N-ethyl adjacent to an activating group) is 1. The quantitative estimate of drug-likeness (QED) is 0.405. The smallest absolute Gasteiger partial charge is 0.225 e. The van der Waals surface area contributed by atoms with Crippen molar-refractivity contribution >= 4 is 11.8 Å². The summed E-state index contributed by atoms with van der Waals surface area (Å²) in [6, 6.07) is -0.201. The number of nitrogens with zero attached hydrogens (tertiary/aromatic N) is 2. The van der Waals surface area contributed by atoms with Gasteiger partial charge in [0, 0.05) is 37.5 Å². The van der Waals surface area contributed by atoms with Gasteiger partial charge >= 0.3 is 0 Å². The van der Waals surface area contributed by atoms with E-state index >= 15 is 0 Å². The number of hydrogen-bond donors (Lipinski definition) is 4. The Bertz CT molecular complexity index is 862. The zero-order chi connectivity index (χ0) is 30.0. The zero-order valence-corrected chi connectivity index (χ0v) is 25.9. The molecule has 10 atom stereocenters. The molecule has 10 nitrogen and oxygen atoms in total. The molecular formula is C30H55N3O7. The molecule has 0 unspecified atom stereocenters. The fourth-order valence-corrected chi connectivity index (χ4v) is 7.26. The van der Waals surface area contributed by atoms with Gasteiger partial charge in [-0.2, -0.15) is 0 Å². The number of carbonyl (C=O) groups is 2. The first-order valence-electron chi connectivity index (χ1n) is 15.2. The van der Waals surface area contributed by atoms with Crippen LogP contribution in [0.15, 0.2) is 0 Å². The highest BCUT2D eigenvalue weighted by Gasteiger charge is 2.48.